The second kappa shape index (κ2) is 8.90. The van der Waals surface area contributed by atoms with Gasteiger partial charge in [-0.05, 0) is 25.7 Å². The molecule has 2 amide bonds. The molecule has 122 valence electrons. The Kier molecular flexibility index (Phi) is 7.54. The standard InChI is InChI=1S/C16H30N2O3/c1-3-5-6-7-11-17-15(21)18-12-9-16(8-4-2,10-13-18)14(19)20/h3-13H2,1-2H3,(H,17,21)(H,19,20). The van der Waals surface area contributed by atoms with Crippen molar-refractivity contribution in [2.75, 3.05) is 19.6 Å². The van der Waals surface area contributed by atoms with Gasteiger partial charge in [-0.25, -0.2) is 4.79 Å². The second-order valence-electron chi connectivity index (χ2n) is 6.12. The van der Waals surface area contributed by atoms with Crippen LogP contribution in [0.15, 0.2) is 0 Å². The summed E-state index contributed by atoms with van der Waals surface area (Å²) in [7, 11) is 0. The number of carbonyl (C=O) groups excluding carboxylic acids is 1. The third kappa shape index (κ3) is 5.21. The summed E-state index contributed by atoms with van der Waals surface area (Å²) in [6.07, 6.45) is 7.27. The summed E-state index contributed by atoms with van der Waals surface area (Å²) < 4.78 is 0. The number of urea groups is 1. The number of unbranched alkanes of at least 4 members (excludes halogenated alkanes) is 3. The lowest BCUT2D eigenvalue weighted by atomic mass is 9.75. The topological polar surface area (TPSA) is 69.6 Å². The van der Waals surface area contributed by atoms with E-state index in [0.717, 1.165) is 19.3 Å². The van der Waals surface area contributed by atoms with Crippen molar-refractivity contribution in [1.82, 2.24) is 10.2 Å². The summed E-state index contributed by atoms with van der Waals surface area (Å²) in [5.74, 6) is -0.705. The average Bonchev–Trinajstić information content (AvgIpc) is 2.47. The van der Waals surface area contributed by atoms with Crippen molar-refractivity contribution in [1.29, 1.82) is 0 Å². The highest BCUT2D eigenvalue weighted by Gasteiger charge is 2.41. The number of carbonyl (C=O) groups is 2. The molecule has 0 aromatic heterocycles. The van der Waals surface area contributed by atoms with Crippen LogP contribution >= 0.6 is 0 Å². The number of nitrogens with one attached hydrogen (secondary N) is 1. The molecule has 1 aliphatic rings. The van der Waals surface area contributed by atoms with Crippen LogP contribution in [-0.2, 0) is 4.79 Å². The minimum absolute atomic E-state index is 0.0398. The van der Waals surface area contributed by atoms with E-state index in [-0.39, 0.29) is 6.03 Å². The quantitative estimate of drug-likeness (QED) is 0.676. The molecule has 21 heavy (non-hydrogen) atoms. The summed E-state index contributed by atoms with van der Waals surface area (Å²) >= 11 is 0. The first-order valence-electron chi connectivity index (χ1n) is 8.32. The Morgan fingerprint density at radius 1 is 1.10 bits per heavy atom. The van der Waals surface area contributed by atoms with Crippen LogP contribution in [-0.4, -0.2) is 41.6 Å². The normalized spacial score (nSPS) is 17.5. The summed E-state index contributed by atoms with van der Waals surface area (Å²) in [4.78, 5) is 25.3. The van der Waals surface area contributed by atoms with E-state index in [0.29, 0.717) is 38.9 Å². The van der Waals surface area contributed by atoms with Crippen LogP contribution in [0.2, 0.25) is 0 Å². The van der Waals surface area contributed by atoms with Gasteiger partial charge < -0.3 is 15.3 Å². The molecule has 0 bridgehead atoms. The smallest absolute Gasteiger partial charge is 0.317 e. The van der Waals surface area contributed by atoms with E-state index in [2.05, 4.69) is 12.2 Å². The molecule has 0 aromatic rings. The second-order valence-corrected chi connectivity index (χ2v) is 6.12. The number of rotatable bonds is 8. The van der Waals surface area contributed by atoms with Crippen LogP contribution in [0.3, 0.4) is 0 Å². The Labute approximate surface area is 128 Å². The maximum absolute atomic E-state index is 12.0. The molecule has 0 atom stereocenters. The van der Waals surface area contributed by atoms with Crippen LogP contribution in [0.5, 0.6) is 0 Å². The molecule has 5 nitrogen and oxygen atoms in total. The third-order valence-corrected chi connectivity index (χ3v) is 4.50. The van der Waals surface area contributed by atoms with Crippen molar-refractivity contribution in [3.63, 3.8) is 0 Å². The molecule has 0 unspecified atom stereocenters. The van der Waals surface area contributed by atoms with E-state index in [1.165, 1.54) is 12.8 Å². The van der Waals surface area contributed by atoms with E-state index >= 15 is 0 Å². The number of piperidine rings is 1. The maximum Gasteiger partial charge on any atom is 0.317 e. The molecular weight excluding hydrogens is 268 g/mol. The van der Waals surface area contributed by atoms with Gasteiger partial charge in [-0.1, -0.05) is 39.5 Å². The van der Waals surface area contributed by atoms with Gasteiger partial charge >= 0.3 is 12.0 Å². The molecule has 1 aliphatic heterocycles. The zero-order chi connectivity index (χ0) is 15.7. The lowest BCUT2D eigenvalue weighted by molar-refractivity contribution is -0.152. The first-order chi connectivity index (χ1) is 10.1. The fourth-order valence-corrected chi connectivity index (χ4v) is 3.05. The van der Waals surface area contributed by atoms with Gasteiger partial charge in [-0.15, -0.1) is 0 Å². The van der Waals surface area contributed by atoms with Crippen molar-refractivity contribution in [3.05, 3.63) is 0 Å². The Hall–Kier alpha value is -1.26. The molecule has 1 rings (SSSR count). The van der Waals surface area contributed by atoms with Crippen molar-refractivity contribution in [3.8, 4) is 0 Å². The van der Waals surface area contributed by atoms with Gasteiger partial charge in [0, 0.05) is 19.6 Å². The first kappa shape index (κ1) is 17.8. The molecule has 0 aromatic carbocycles. The largest absolute Gasteiger partial charge is 0.481 e. The molecule has 0 spiro atoms. The number of likely N-dealkylation sites (tertiary alicyclic amines) is 1. The van der Waals surface area contributed by atoms with E-state index < -0.39 is 11.4 Å². The van der Waals surface area contributed by atoms with Gasteiger partial charge in [0.25, 0.3) is 0 Å². The Morgan fingerprint density at radius 3 is 2.29 bits per heavy atom. The first-order valence-corrected chi connectivity index (χ1v) is 8.32. The third-order valence-electron chi connectivity index (χ3n) is 4.50. The fraction of sp³-hybridized carbons (Fsp3) is 0.875. The minimum Gasteiger partial charge on any atom is -0.481 e. The molecule has 1 saturated heterocycles. The predicted molar refractivity (Wildman–Crippen MR) is 83.3 cm³/mol. The zero-order valence-corrected chi connectivity index (χ0v) is 13.5. The summed E-state index contributed by atoms with van der Waals surface area (Å²) in [5, 5.41) is 12.4. The lowest BCUT2D eigenvalue weighted by Crippen LogP contribution is -2.49. The van der Waals surface area contributed by atoms with Gasteiger partial charge in [0.05, 0.1) is 5.41 Å². The number of hydrogen-bond donors (Lipinski definition) is 2. The van der Waals surface area contributed by atoms with Crippen molar-refractivity contribution in [2.45, 2.75) is 65.2 Å². The highest BCUT2D eigenvalue weighted by atomic mass is 16.4. The van der Waals surface area contributed by atoms with Crippen LogP contribution in [0.25, 0.3) is 0 Å². The van der Waals surface area contributed by atoms with Gasteiger partial charge in [0.15, 0.2) is 0 Å². The van der Waals surface area contributed by atoms with Crippen molar-refractivity contribution in [2.24, 2.45) is 5.41 Å². The average molecular weight is 298 g/mol. The van der Waals surface area contributed by atoms with Gasteiger partial charge in [0.1, 0.15) is 0 Å². The van der Waals surface area contributed by atoms with E-state index in [1.807, 2.05) is 6.92 Å². The molecule has 0 aliphatic carbocycles. The Morgan fingerprint density at radius 2 is 1.76 bits per heavy atom. The van der Waals surface area contributed by atoms with E-state index in [9.17, 15) is 14.7 Å². The maximum atomic E-state index is 12.0. The predicted octanol–water partition coefficient (Wildman–Crippen LogP) is 3.24. The molecule has 2 N–H and O–H groups in total. The summed E-state index contributed by atoms with van der Waals surface area (Å²) in [6, 6.07) is -0.0398. The highest BCUT2D eigenvalue weighted by Crippen LogP contribution is 2.36. The molecule has 1 fully saturated rings. The van der Waals surface area contributed by atoms with Crippen molar-refractivity contribution >= 4 is 12.0 Å². The van der Waals surface area contributed by atoms with Crippen LogP contribution in [0, 0.1) is 5.41 Å². The molecular formula is C16H30N2O3. The molecule has 0 radical (unpaired) electrons. The molecule has 0 saturated carbocycles. The molecule has 1 heterocycles. The van der Waals surface area contributed by atoms with E-state index in [1.54, 1.807) is 4.90 Å². The van der Waals surface area contributed by atoms with Crippen molar-refractivity contribution < 1.29 is 14.7 Å². The number of carboxylic acid groups (broad SMARTS) is 1. The minimum atomic E-state index is -0.705. The van der Waals surface area contributed by atoms with Crippen LogP contribution < -0.4 is 5.32 Å². The number of nitrogens with zero attached hydrogens (tertiary/aromatic N) is 1. The van der Waals surface area contributed by atoms with Crippen LogP contribution in [0.4, 0.5) is 4.79 Å². The van der Waals surface area contributed by atoms with Gasteiger partial charge in [-0.3, -0.25) is 4.79 Å². The van der Waals surface area contributed by atoms with Gasteiger partial charge in [-0.2, -0.15) is 0 Å². The lowest BCUT2D eigenvalue weighted by Gasteiger charge is -2.38. The van der Waals surface area contributed by atoms with Gasteiger partial charge in [0.2, 0.25) is 0 Å². The molecule has 5 heteroatoms. The summed E-state index contributed by atoms with van der Waals surface area (Å²) in [6.45, 7) is 5.99. The SMILES string of the molecule is CCCCCCNC(=O)N1CCC(CCC)(C(=O)O)CC1. The number of amides is 2. The highest BCUT2D eigenvalue weighted by molar-refractivity contribution is 5.77. The Bertz CT molecular complexity index is 336. The monoisotopic (exact) mass is 298 g/mol. The number of aliphatic carboxylic acids is 1. The van der Waals surface area contributed by atoms with E-state index in [4.69, 9.17) is 0 Å². The summed E-state index contributed by atoms with van der Waals surface area (Å²) in [5.41, 5.74) is -0.618. The number of carboxylic acids is 1. The van der Waals surface area contributed by atoms with Crippen LogP contribution in [0.1, 0.15) is 65.2 Å². The fourth-order valence-electron chi connectivity index (χ4n) is 3.05. The zero-order valence-electron chi connectivity index (χ0n) is 13.5. The Balaban J connectivity index is 2.34. The number of hydrogen-bond acceptors (Lipinski definition) is 2.